The Kier molecular flexibility index (Phi) is 4.76. The number of aliphatic hydroxyl groups is 1. The van der Waals surface area contributed by atoms with Crippen LogP contribution in [0.1, 0.15) is 24.0 Å². The van der Waals surface area contributed by atoms with Crippen molar-refractivity contribution >= 4 is 10.0 Å². The Labute approximate surface area is 119 Å². The molecule has 1 unspecified atom stereocenters. The van der Waals surface area contributed by atoms with E-state index in [1.807, 2.05) is 6.07 Å². The van der Waals surface area contributed by atoms with Gasteiger partial charge in [0.05, 0.1) is 17.4 Å². The minimum atomic E-state index is -3.39. The lowest BCUT2D eigenvalue weighted by atomic mass is 10.0. The Morgan fingerprint density at radius 3 is 2.95 bits per heavy atom. The zero-order valence-electron chi connectivity index (χ0n) is 11.2. The average Bonchev–Trinajstić information content (AvgIpc) is 2.47. The smallest absolute Gasteiger partial charge is 0.218 e. The average molecular weight is 294 g/mol. The topological polar surface area (TPSA) is 81.4 Å². The van der Waals surface area contributed by atoms with Gasteiger partial charge in [-0.25, -0.2) is 12.7 Å². The normalized spacial score (nSPS) is 20.5. The summed E-state index contributed by atoms with van der Waals surface area (Å²) in [4.78, 5) is 0. The van der Waals surface area contributed by atoms with Crippen molar-refractivity contribution in [2.75, 3.05) is 19.7 Å². The molecular weight excluding hydrogens is 276 g/mol. The summed E-state index contributed by atoms with van der Waals surface area (Å²) >= 11 is 0. The van der Waals surface area contributed by atoms with Crippen LogP contribution in [0.4, 0.5) is 0 Å². The first-order chi connectivity index (χ1) is 9.55. The lowest BCUT2D eigenvalue weighted by Gasteiger charge is -2.31. The van der Waals surface area contributed by atoms with E-state index in [1.165, 1.54) is 4.31 Å². The minimum Gasteiger partial charge on any atom is -0.396 e. The zero-order valence-corrected chi connectivity index (χ0v) is 12.0. The van der Waals surface area contributed by atoms with Crippen molar-refractivity contribution in [2.45, 2.75) is 18.6 Å². The van der Waals surface area contributed by atoms with Crippen molar-refractivity contribution in [1.82, 2.24) is 4.31 Å². The predicted molar refractivity (Wildman–Crippen MR) is 75.2 cm³/mol. The zero-order chi connectivity index (χ0) is 14.6. The van der Waals surface area contributed by atoms with Crippen molar-refractivity contribution < 1.29 is 13.5 Å². The highest BCUT2D eigenvalue weighted by Gasteiger charge is 2.28. The monoisotopic (exact) mass is 294 g/mol. The molecule has 0 aliphatic carbocycles. The van der Waals surface area contributed by atoms with E-state index in [0.717, 1.165) is 12.8 Å². The van der Waals surface area contributed by atoms with Crippen molar-refractivity contribution in [3.05, 3.63) is 35.4 Å². The Hall–Kier alpha value is -1.42. The number of benzene rings is 1. The van der Waals surface area contributed by atoms with Crippen LogP contribution in [0.3, 0.4) is 0 Å². The summed E-state index contributed by atoms with van der Waals surface area (Å²) in [5.41, 5.74) is 1.08. The van der Waals surface area contributed by atoms with Gasteiger partial charge in [-0.15, -0.1) is 0 Å². The Balaban J connectivity index is 2.12. The van der Waals surface area contributed by atoms with E-state index in [4.69, 9.17) is 5.26 Å². The van der Waals surface area contributed by atoms with Gasteiger partial charge in [0.15, 0.2) is 0 Å². The molecule has 5 nitrogen and oxygen atoms in total. The molecule has 1 saturated heterocycles. The number of nitriles is 1. The standard InChI is InChI=1S/C14H18N2O3S/c15-8-12-3-1-4-13(7-12)11-20(18,19)16-6-2-5-14(9-16)10-17/h1,3-4,7,14,17H,2,5-6,9-11H2. The fourth-order valence-electron chi connectivity index (χ4n) is 2.46. The first kappa shape index (κ1) is 15.0. The van der Waals surface area contributed by atoms with Crippen molar-refractivity contribution in [3.8, 4) is 6.07 Å². The molecule has 0 radical (unpaired) electrons. The van der Waals surface area contributed by atoms with Crippen molar-refractivity contribution in [1.29, 1.82) is 5.26 Å². The van der Waals surface area contributed by atoms with E-state index < -0.39 is 10.0 Å². The molecule has 0 saturated carbocycles. The van der Waals surface area contributed by atoms with Crippen LogP contribution in [-0.2, 0) is 15.8 Å². The van der Waals surface area contributed by atoms with E-state index in [0.29, 0.717) is 24.2 Å². The first-order valence-electron chi connectivity index (χ1n) is 6.63. The quantitative estimate of drug-likeness (QED) is 0.901. The third-order valence-electron chi connectivity index (χ3n) is 3.54. The highest BCUT2D eigenvalue weighted by Crippen LogP contribution is 2.21. The molecule has 1 atom stereocenters. The van der Waals surface area contributed by atoms with Crippen LogP contribution in [0.5, 0.6) is 0 Å². The fraction of sp³-hybridized carbons (Fsp3) is 0.500. The van der Waals surface area contributed by atoms with Gasteiger partial charge in [-0.1, -0.05) is 12.1 Å². The maximum Gasteiger partial charge on any atom is 0.218 e. The molecule has 2 rings (SSSR count). The summed E-state index contributed by atoms with van der Waals surface area (Å²) in [5.74, 6) is -0.0651. The maximum absolute atomic E-state index is 12.4. The molecular formula is C14H18N2O3S. The van der Waals surface area contributed by atoms with Crippen molar-refractivity contribution in [2.24, 2.45) is 5.92 Å². The Bertz CT molecular complexity index is 607. The predicted octanol–water partition coefficient (Wildman–Crippen LogP) is 1.09. The van der Waals surface area contributed by atoms with E-state index in [2.05, 4.69) is 0 Å². The summed E-state index contributed by atoms with van der Waals surface area (Å²) in [5, 5.41) is 18.0. The maximum atomic E-state index is 12.4. The van der Waals surface area contributed by atoms with E-state index in [-0.39, 0.29) is 18.3 Å². The first-order valence-corrected chi connectivity index (χ1v) is 8.24. The molecule has 1 aliphatic heterocycles. The van der Waals surface area contributed by atoms with Crippen LogP contribution in [-0.4, -0.2) is 37.5 Å². The van der Waals surface area contributed by atoms with Crippen LogP contribution in [0.25, 0.3) is 0 Å². The highest BCUT2D eigenvalue weighted by atomic mass is 32.2. The van der Waals surface area contributed by atoms with E-state index in [9.17, 15) is 13.5 Å². The number of rotatable bonds is 4. The number of sulfonamides is 1. The molecule has 0 bridgehead atoms. The minimum absolute atomic E-state index is 0.0237. The van der Waals surface area contributed by atoms with Crippen molar-refractivity contribution in [3.63, 3.8) is 0 Å². The van der Waals surface area contributed by atoms with E-state index >= 15 is 0 Å². The number of piperidine rings is 1. The van der Waals surface area contributed by atoms with Gasteiger partial charge >= 0.3 is 0 Å². The second-order valence-electron chi connectivity index (χ2n) is 5.12. The van der Waals surface area contributed by atoms with Gasteiger partial charge in [0.25, 0.3) is 0 Å². The summed E-state index contributed by atoms with van der Waals surface area (Å²) in [6.07, 6.45) is 1.65. The SMILES string of the molecule is N#Cc1cccc(CS(=O)(=O)N2CCCC(CO)C2)c1. The highest BCUT2D eigenvalue weighted by molar-refractivity contribution is 7.88. The van der Waals surface area contributed by atoms with Gasteiger partial charge in [0.2, 0.25) is 10.0 Å². The molecule has 1 heterocycles. The second kappa shape index (κ2) is 6.35. The van der Waals surface area contributed by atoms with Crippen LogP contribution in [0.15, 0.2) is 24.3 Å². The lowest BCUT2D eigenvalue weighted by Crippen LogP contribution is -2.41. The molecule has 0 aromatic heterocycles. The summed E-state index contributed by atoms with van der Waals surface area (Å²) in [7, 11) is -3.39. The number of hydrogen-bond donors (Lipinski definition) is 1. The third-order valence-corrected chi connectivity index (χ3v) is 5.36. The van der Waals surface area contributed by atoms with Gasteiger partial charge in [0.1, 0.15) is 0 Å². The number of nitrogens with zero attached hydrogens (tertiary/aromatic N) is 2. The van der Waals surface area contributed by atoms with Crippen LogP contribution in [0, 0.1) is 17.2 Å². The number of hydrogen-bond acceptors (Lipinski definition) is 4. The van der Waals surface area contributed by atoms with Gasteiger partial charge in [-0.05, 0) is 36.5 Å². The largest absolute Gasteiger partial charge is 0.396 e. The van der Waals surface area contributed by atoms with Gasteiger partial charge in [-0.3, -0.25) is 0 Å². The second-order valence-corrected chi connectivity index (χ2v) is 7.09. The molecule has 1 fully saturated rings. The summed E-state index contributed by atoms with van der Waals surface area (Å²) in [6.45, 7) is 0.920. The Morgan fingerprint density at radius 1 is 1.45 bits per heavy atom. The Morgan fingerprint density at radius 2 is 2.25 bits per heavy atom. The molecule has 6 heteroatoms. The van der Waals surface area contributed by atoms with Gasteiger partial charge in [0, 0.05) is 19.7 Å². The summed E-state index contributed by atoms with van der Waals surface area (Å²) < 4.78 is 26.2. The molecule has 1 aliphatic rings. The molecule has 20 heavy (non-hydrogen) atoms. The molecule has 0 amide bonds. The lowest BCUT2D eigenvalue weighted by molar-refractivity contribution is 0.165. The molecule has 108 valence electrons. The van der Waals surface area contributed by atoms with Crippen LogP contribution < -0.4 is 0 Å². The summed E-state index contributed by atoms with van der Waals surface area (Å²) in [6, 6.07) is 8.67. The molecule has 1 N–H and O–H groups in total. The van der Waals surface area contributed by atoms with Crippen LogP contribution in [0.2, 0.25) is 0 Å². The molecule has 1 aromatic carbocycles. The third kappa shape index (κ3) is 3.57. The van der Waals surface area contributed by atoms with Gasteiger partial charge in [-0.2, -0.15) is 5.26 Å². The molecule has 0 spiro atoms. The fourth-order valence-corrected chi connectivity index (χ4v) is 4.09. The van der Waals surface area contributed by atoms with Gasteiger partial charge < -0.3 is 5.11 Å². The number of aliphatic hydroxyl groups excluding tert-OH is 1. The molecule has 1 aromatic rings. The van der Waals surface area contributed by atoms with E-state index in [1.54, 1.807) is 24.3 Å². The van der Waals surface area contributed by atoms with Crippen LogP contribution >= 0.6 is 0 Å².